The summed E-state index contributed by atoms with van der Waals surface area (Å²) in [6.07, 6.45) is 1.02. The highest BCUT2D eigenvalue weighted by molar-refractivity contribution is 8.00. The molecule has 0 aliphatic carbocycles. The molecule has 0 saturated carbocycles. The van der Waals surface area contributed by atoms with Crippen molar-refractivity contribution in [3.63, 3.8) is 0 Å². The third kappa shape index (κ3) is 3.36. The Bertz CT molecular complexity index is 912. The Kier molecular flexibility index (Phi) is 4.39. The summed E-state index contributed by atoms with van der Waals surface area (Å²) >= 11 is 1.84. The summed E-state index contributed by atoms with van der Waals surface area (Å²) in [5.41, 5.74) is 2.50. The molecule has 0 radical (unpaired) electrons. The molecule has 2 aromatic carbocycles. The van der Waals surface area contributed by atoms with Crippen LogP contribution in [0, 0.1) is 0 Å². The van der Waals surface area contributed by atoms with Crippen molar-refractivity contribution in [1.29, 1.82) is 0 Å². The zero-order valence-corrected chi connectivity index (χ0v) is 16.1. The van der Waals surface area contributed by atoms with E-state index in [-0.39, 0.29) is 21.3 Å². The van der Waals surface area contributed by atoms with Crippen molar-refractivity contribution in [3.8, 4) is 11.1 Å². The van der Waals surface area contributed by atoms with E-state index >= 15 is 0 Å². The van der Waals surface area contributed by atoms with Crippen molar-refractivity contribution in [2.75, 3.05) is 0 Å². The second-order valence-corrected chi connectivity index (χ2v) is 9.75. The highest BCUT2D eigenvalue weighted by Gasteiger charge is 2.38. The van der Waals surface area contributed by atoms with Gasteiger partial charge in [0.25, 0.3) is 0 Å². The molecule has 1 heterocycles. The highest BCUT2D eigenvalue weighted by Crippen LogP contribution is 2.51. The molecule has 4 nitrogen and oxygen atoms in total. The lowest BCUT2D eigenvalue weighted by Crippen LogP contribution is -2.33. The number of fused-ring (bicyclic) bond motifs is 1. The smallest absolute Gasteiger partial charge is 0.336 e. The molecular weight excluding hydrogens is 348 g/mol. The topological polar surface area (TPSA) is 74.6 Å². The van der Waals surface area contributed by atoms with E-state index < -0.39 is 11.9 Å². The largest absolute Gasteiger partial charge is 0.478 e. The number of carboxylic acids is 2. The fraction of sp³-hybridized carbons (Fsp3) is 0.333. The van der Waals surface area contributed by atoms with E-state index in [0.717, 1.165) is 12.0 Å². The molecule has 2 N–H and O–H groups in total. The molecular formula is C21H22O4S. The standard InChI is InChI=1S/C21H22O4S/c1-20(2)11-21(3,4)26-17-8-6-12(10-16(17)20)14-7-5-13(18(22)23)9-15(14)19(24)25/h5-10H,11H2,1-4H3,(H,22,23)(H,24,25). The molecule has 1 aliphatic rings. The number of rotatable bonds is 3. The first-order valence-electron chi connectivity index (χ1n) is 8.45. The molecule has 0 fully saturated rings. The van der Waals surface area contributed by atoms with E-state index in [4.69, 9.17) is 5.11 Å². The van der Waals surface area contributed by atoms with Crippen molar-refractivity contribution >= 4 is 23.7 Å². The van der Waals surface area contributed by atoms with Crippen LogP contribution in [0.15, 0.2) is 41.3 Å². The molecule has 0 unspecified atom stereocenters. The van der Waals surface area contributed by atoms with Crippen LogP contribution in [0.25, 0.3) is 11.1 Å². The van der Waals surface area contributed by atoms with Gasteiger partial charge in [-0.15, -0.1) is 11.8 Å². The van der Waals surface area contributed by atoms with E-state index in [1.807, 2.05) is 17.8 Å². The molecule has 3 rings (SSSR count). The predicted molar refractivity (Wildman–Crippen MR) is 103 cm³/mol. The molecule has 0 amide bonds. The second kappa shape index (κ2) is 6.16. The number of carbonyl (C=O) groups is 2. The van der Waals surface area contributed by atoms with Crippen LogP contribution in [0.3, 0.4) is 0 Å². The zero-order chi connectivity index (χ0) is 19.3. The van der Waals surface area contributed by atoms with Crippen LogP contribution in [-0.2, 0) is 5.41 Å². The fourth-order valence-electron chi connectivity index (χ4n) is 3.91. The molecule has 0 saturated heterocycles. The van der Waals surface area contributed by atoms with Gasteiger partial charge in [-0.25, -0.2) is 9.59 Å². The molecule has 136 valence electrons. The number of aromatic carboxylic acids is 2. The zero-order valence-electron chi connectivity index (χ0n) is 15.3. The normalized spacial score (nSPS) is 17.4. The van der Waals surface area contributed by atoms with Gasteiger partial charge in [0.05, 0.1) is 11.1 Å². The quantitative estimate of drug-likeness (QED) is 0.766. The van der Waals surface area contributed by atoms with Crippen molar-refractivity contribution in [2.45, 2.75) is 49.2 Å². The predicted octanol–water partition coefficient (Wildman–Crippen LogP) is 5.30. The Morgan fingerprint density at radius 2 is 1.65 bits per heavy atom. The van der Waals surface area contributed by atoms with E-state index in [9.17, 15) is 14.7 Å². The number of hydrogen-bond acceptors (Lipinski definition) is 3. The van der Waals surface area contributed by atoms with E-state index in [0.29, 0.717) is 5.56 Å². The second-order valence-electron chi connectivity index (χ2n) is 8.00. The minimum absolute atomic E-state index is 0.00597. The highest BCUT2D eigenvalue weighted by atomic mass is 32.2. The van der Waals surface area contributed by atoms with E-state index in [2.05, 4.69) is 39.8 Å². The average Bonchev–Trinajstić information content (AvgIpc) is 2.52. The molecule has 0 aromatic heterocycles. The van der Waals surface area contributed by atoms with Gasteiger partial charge in [0.1, 0.15) is 0 Å². The van der Waals surface area contributed by atoms with Crippen LogP contribution in [0.4, 0.5) is 0 Å². The number of benzene rings is 2. The summed E-state index contributed by atoms with van der Waals surface area (Å²) in [6, 6.07) is 10.3. The first-order chi connectivity index (χ1) is 12.0. The number of hydrogen-bond donors (Lipinski definition) is 2. The Balaban J connectivity index is 2.15. The van der Waals surface area contributed by atoms with Crippen LogP contribution >= 0.6 is 11.8 Å². The molecule has 0 spiro atoms. The Labute approximate surface area is 157 Å². The summed E-state index contributed by atoms with van der Waals surface area (Å²) in [5, 5.41) is 18.7. The van der Waals surface area contributed by atoms with Crippen molar-refractivity contribution in [1.82, 2.24) is 0 Å². The summed E-state index contributed by atoms with van der Waals surface area (Å²) < 4.78 is 0.146. The maximum atomic E-state index is 11.7. The van der Waals surface area contributed by atoms with Gasteiger partial charge in [0.15, 0.2) is 0 Å². The van der Waals surface area contributed by atoms with Crippen LogP contribution in [0.1, 0.15) is 60.4 Å². The first kappa shape index (κ1) is 18.5. The van der Waals surface area contributed by atoms with Crippen molar-refractivity contribution in [2.24, 2.45) is 0 Å². The Morgan fingerprint density at radius 1 is 0.962 bits per heavy atom. The van der Waals surface area contributed by atoms with Gasteiger partial charge in [0, 0.05) is 9.64 Å². The van der Waals surface area contributed by atoms with E-state index in [1.54, 1.807) is 6.07 Å². The number of thioether (sulfide) groups is 1. The van der Waals surface area contributed by atoms with Crippen LogP contribution in [-0.4, -0.2) is 26.9 Å². The third-order valence-corrected chi connectivity index (χ3v) is 6.04. The maximum absolute atomic E-state index is 11.7. The van der Waals surface area contributed by atoms with Crippen molar-refractivity contribution in [3.05, 3.63) is 53.1 Å². The lowest BCUT2D eigenvalue weighted by Gasteiger charge is -2.42. The Hall–Kier alpha value is -2.27. The molecule has 2 aromatic rings. The monoisotopic (exact) mass is 370 g/mol. The van der Waals surface area contributed by atoms with Gasteiger partial charge >= 0.3 is 11.9 Å². The summed E-state index contributed by atoms with van der Waals surface area (Å²) in [5.74, 6) is -2.26. The SMILES string of the molecule is CC1(C)CC(C)(C)c2cc(-c3ccc(C(=O)O)cc3C(=O)O)ccc2S1. The number of carboxylic acid groups (broad SMARTS) is 2. The molecule has 0 atom stereocenters. The van der Waals surface area contributed by atoms with Gasteiger partial charge in [-0.2, -0.15) is 0 Å². The van der Waals surface area contributed by atoms with Gasteiger partial charge in [0.2, 0.25) is 0 Å². The minimum Gasteiger partial charge on any atom is -0.478 e. The summed E-state index contributed by atoms with van der Waals surface area (Å²) in [7, 11) is 0. The lowest BCUT2D eigenvalue weighted by atomic mass is 9.76. The van der Waals surface area contributed by atoms with E-state index in [1.165, 1.54) is 22.6 Å². The van der Waals surface area contributed by atoms with Gasteiger partial charge < -0.3 is 10.2 Å². The molecule has 0 bridgehead atoms. The van der Waals surface area contributed by atoms with Crippen LogP contribution < -0.4 is 0 Å². The van der Waals surface area contributed by atoms with Gasteiger partial charge in [-0.3, -0.25) is 0 Å². The van der Waals surface area contributed by atoms with Crippen molar-refractivity contribution < 1.29 is 19.8 Å². The third-order valence-electron chi connectivity index (χ3n) is 4.77. The van der Waals surface area contributed by atoms with Crippen LogP contribution in [0.2, 0.25) is 0 Å². The molecule has 26 heavy (non-hydrogen) atoms. The maximum Gasteiger partial charge on any atom is 0.336 e. The summed E-state index contributed by atoms with van der Waals surface area (Å²) in [6.45, 7) is 8.90. The fourth-order valence-corrected chi connectivity index (χ4v) is 5.52. The average molecular weight is 370 g/mol. The van der Waals surface area contributed by atoms with Gasteiger partial charge in [-0.05, 0) is 52.8 Å². The molecule has 1 aliphatic heterocycles. The lowest BCUT2D eigenvalue weighted by molar-refractivity contribution is 0.0696. The Morgan fingerprint density at radius 3 is 2.27 bits per heavy atom. The summed E-state index contributed by atoms with van der Waals surface area (Å²) in [4.78, 5) is 24.1. The van der Waals surface area contributed by atoms with Crippen LogP contribution in [0.5, 0.6) is 0 Å². The first-order valence-corrected chi connectivity index (χ1v) is 9.26. The minimum atomic E-state index is -1.13. The molecule has 5 heteroatoms. The van der Waals surface area contributed by atoms with Gasteiger partial charge in [-0.1, -0.05) is 39.8 Å².